The van der Waals surface area contributed by atoms with Gasteiger partial charge in [-0.2, -0.15) is 0 Å². The van der Waals surface area contributed by atoms with Gasteiger partial charge in [0, 0.05) is 5.38 Å². The summed E-state index contributed by atoms with van der Waals surface area (Å²) in [5, 5.41) is 29.7. The maximum atomic E-state index is 11.6. The molecule has 0 saturated carbocycles. The second-order valence-electron chi connectivity index (χ2n) is 7.30. The van der Waals surface area contributed by atoms with Crippen LogP contribution in [0.25, 0.3) is 0 Å². The fraction of sp³-hybridized carbons (Fsp3) is 0.115. The molecule has 1 heterocycles. The lowest BCUT2D eigenvalue weighted by atomic mass is 9.77. The summed E-state index contributed by atoms with van der Waals surface area (Å²) in [4.78, 5) is 20.9. The van der Waals surface area contributed by atoms with Crippen LogP contribution in [0.5, 0.6) is 0 Å². The minimum absolute atomic E-state index is 0.105. The summed E-state index contributed by atoms with van der Waals surface area (Å²) in [7, 11) is 0. The maximum Gasteiger partial charge on any atom is 0.184 e. The van der Waals surface area contributed by atoms with Gasteiger partial charge in [-0.05, 0) is 16.7 Å². The molecule has 7 nitrogen and oxygen atoms in total. The van der Waals surface area contributed by atoms with Crippen LogP contribution in [-0.2, 0) is 15.2 Å². The highest BCUT2D eigenvalue weighted by molar-refractivity contribution is 7.14. The van der Waals surface area contributed by atoms with E-state index in [1.807, 2.05) is 91.0 Å². The van der Waals surface area contributed by atoms with Crippen molar-refractivity contribution >= 4 is 28.1 Å². The van der Waals surface area contributed by atoms with Gasteiger partial charge in [-0.3, -0.25) is 0 Å². The highest BCUT2D eigenvalue weighted by Crippen LogP contribution is 2.40. The van der Waals surface area contributed by atoms with Crippen LogP contribution in [0.2, 0.25) is 0 Å². The lowest BCUT2D eigenvalue weighted by molar-refractivity contribution is -0.294. The molecule has 3 aromatic carbocycles. The average molecular weight is 473 g/mol. The first kappa shape index (κ1) is 23.2. The molecule has 4 aromatic rings. The smallest absolute Gasteiger partial charge is 0.184 e. The normalized spacial score (nSPS) is 11.7. The van der Waals surface area contributed by atoms with Gasteiger partial charge in [0.1, 0.15) is 17.8 Å². The number of benzene rings is 3. The van der Waals surface area contributed by atoms with Crippen molar-refractivity contribution in [2.45, 2.75) is 5.54 Å². The fourth-order valence-electron chi connectivity index (χ4n) is 3.72. The van der Waals surface area contributed by atoms with Gasteiger partial charge in [0.2, 0.25) is 0 Å². The van der Waals surface area contributed by atoms with Gasteiger partial charge in [0.15, 0.2) is 10.8 Å². The SMILES string of the molecule is O=C([O-])/C(=N\OCCO)c1csc(NC(c2ccccc2)(c2ccccc2)c2ccccc2)n1. The van der Waals surface area contributed by atoms with Crippen molar-refractivity contribution in [3.63, 3.8) is 0 Å². The molecule has 0 aliphatic rings. The Morgan fingerprint density at radius 1 is 0.941 bits per heavy atom. The molecule has 172 valence electrons. The summed E-state index contributed by atoms with van der Waals surface area (Å²) < 4.78 is 0. The van der Waals surface area contributed by atoms with Gasteiger partial charge in [0.25, 0.3) is 0 Å². The molecule has 0 aliphatic carbocycles. The van der Waals surface area contributed by atoms with E-state index < -0.39 is 17.2 Å². The molecule has 34 heavy (non-hydrogen) atoms. The monoisotopic (exact) mass is 472 g/mol. The van der Waals surface area contributed by atoms with E-state index in [-0.39, 0.29) is 18.9 Å². The Balaban J connectivity index is 1.84. The largest absolute Gasteiger partial charge is 0.543 e. The van der Waals surface area contributed by atoms with Crippen molar-refractivity contribution in [3.8, 4) is 0 Å². The number of carbonyl (C=O) groups excluding carboxylic acids is 1. The van der Waals surface area contributed by atoms with E-state index in [2.05, 4.69) is 15.5 Å². The molecular formula is C26H22N3O4S-. The predicted octanol–water partition coefficient (Wildman–Crippen LogP) is 3.01. The van der Waals surface area contributed by atoms with Crippen LogP contribution in [0.3, 0.4) is 0 Å². The third kappa shape index (κ3) is 4.83. The lowest BCUT2D eigenvalue weighted by Gasteiger charge is -2.36. The van der Waals surface area contributed by atoms with E-state index in [1.54, 1.807) is 5.38 Å². The average Bonchev–Trinajstić information content (AvgIpc) is 3.34. The zero-order valence-electron chi connectivity index (χ0n) is 18.1. The van der Waals surface area contributed by atoms with Crippen LogP contribution in [0.1, 0.15) is 22.4 Å². The molecule has 0 radical (unpaired) electrons. The number of oxime groups is 1. The van der Waals surface area contributed by atoms with E-state index in [1.165, 1.54) is 11.3 Å². The van der Waals surface area contributed by atoms with Gasteiger partial charge in [0.05, 0.1) is 12.6 Å². The molecule has 0 spiro atoms. The molecule has 0 saturated heterocycles. The summed E-state index contributed by atoms with van der Waals surface area (Å²) in [5.74, 6) is -1.52. The Morgan fingerprint density at radius 2 is 1.44 bits per heavy atom. The quantitative estimate of drug-likeness (QED) is 0.159. The summed E-state index contributed by atoms with van der Waals surface area (Å²) >= 11 is 1.25. The number of carboxylic acids is 1. The van der Waals surface area contributed by atoms with E-state index >= 15 is 0 Å². The minimum atomic E-state index is -1.52. The van der Waals surface area contributed by atoms with E-state index in [4.69, 9.17) is 9.94 Å². The third-order valence-corrected chi connectivity index (χ3v) is 5.95. The Hall–Kier alpha value is -4.01. The van der Waals surface area contributed by atoms with Crippen LogP contribution in [-0.4, -0.2) is 35.0 Å². The van der Waals surface area contributed by atoms with Crippen molar-refractivity contribution in [3.05, 3.63) is 119 Å². The Labute approximate surface area is 201 Å². The van der Waals surface area contributed by atoms with Crippen molar-refractivity contribution in [2.24, 2.45) is 5.16 Å². The number of aliphatic carboxylic acids is 1. The summed E-state index contributed by atoms with van der Waals surface area (Å²) in [6.07, 6.45) is 0. The van der Waals surface area contributed by atoms with Crippen molar-refractivity contribution in [1.82, 2.24) is 4.98 Å². The molecule has 2 N–H and O–H groups in total. The molecule has 0 atom stereocenters. The molecule has 0 amide bonds. The zero-order valence-corrected chi connectivity index (χ0v) is 18.9. The highest BCUT2D eigenvalue weighted by atomic mass is 32.1. The first-order chi connectivity index (χ1) is 16.6. The summed E-state index contributed by atoms with van der Waals surface area (Å²) in [6.45, 7) is -0.424. The molecule has 8 heteroatoms. The number of carbonyl (C=O) groups is 1. The second kappa shape index (κ2) is 10.7. The molecular weight excluding hydrogens is 450 g/mol. The lowest BCUT2D eigenvalue weighted by Crippen LogP contribution is -2.38. The number of hydrogen-bond acceptors (Lipinski definition) is 8. The Kier molecular flexibility index (Phi) is 7.31. The number of carboxylic acid groups (broad SMARTS) is 1. The Bertz CT molecular complexity index is 1150. The van der Waals surface area contributed by atoms with Crippen molar-refractivity contribution < 1.29 is 19.8 Å². The minimum Gasteiger partial charge on any atom is -0.543 e. The van der Waals surface area contributed by atoms with Gasteiger partial charge in [-0.25, -0.2) is 4.98 Å². The first-order valence-corrected chi connectivity index (χ1v) is 11.5. The number of aromatic nitrogens is 1. The van der Waals surface area contributed by atoms with Gasteiger partial charge < -0.3 is 25.2 Å². The van der Waals surface area contributed by atoms with Gasteiger partial charge in [-0.15, -0.1) is 11.3 Å². The van der Waals surface area contributed by atoms with Crippen LogP contribution in [0, 0.1) is 0 Å². The number of thiazole rings is 1. The molecule has 0 unspecified atom stereocenters. The number of nitrogens with one attached hydrogen (secondary N) is 1. The molecule has 0 aliphatic heterocycles. The van der Waals surface area contributed by atoms with Crippen LogP contribution in [0.4, 0.5) is 5.13 Å². The van der Waals surface area contributed by atoms with Gasteiger partial charge >= 0.3 is 0 Å². The first-order valence-electron chi connectivity index (χ1n) is 10.6. The van der Waals surface area contributed by atoms with Crippen LogP contribution >= 0.6 is 11.3 Å². The predicted molar refractivity (Wildman–Crippen MR) is 130 cm³/mol. The third-order valence-electron chi connectivity index (χ3n) is 5.19. The topological polar surface area (TPSA) is 107 Å². The number of anilines is 1. The molecule has 1 aromatic heterocycles. The number of nitrogens with zero attached hydrogens (tertiary/aromatic N) is 2. The fourth-order valence-corrected chi connectivity index (χ4v) is 4.47. The second-order valence-corrected chi connectivity index (χ2v) is 8.15. The zero-order chi connectivity index (χ0) is 23.8. The standard InChI is InChI=1S/C26H23N3O4S/c30-16-17-33-29-23(24(31)32)22-18-34-25(27-22)28-26(19-10-4-1-5-11-19,20-12-6-2-7-13-20)21-14-8-3-9-15-21/h1-15,18,30H,16-17H2,(H,27,28)(H,31,32)/p-1/b29-23-. The number of aliphatic hydroxyl groups is 1. The van der Waals surface area contributed by atoms with E-state index in [0.717, 1.165) is 16.7 Å². The maximum absolute atomic E-state index is 11.6. The van der Waals surface area contributed by atoms with Crippen molar-refractivity contribution in [1.29, 1.82) is 0 Å². The van der Waals surface area contributed by atoms with E-state index in [9.17, 15) is 9.90 Å². The van der Waals surface area contributed by atoms with Crippen LogP contribution < -0.4 is 10.4 Å². The highest BCUT2D eigenvalue weighted by Gasteiger charge is 2.37. The van der Waals surface area contributed by atoms with Crippen molar-refractivity contribution in [2.75, 3.05) is 18.5 Å². The molecule has 0 bridgehead atoms. The number of hydrogen-bond donors (Lipinski definition) is 2. The van der Waals surface area contributed by atoms with Gasteiger partial charge in [-0.1, -0.05) is 96.2 Å². The van der Waals surface area contributed by atoms with E-state index in [0.29, 0.717) is 5.13 Å². The molecule has 0 fully saturated rings. The number of aliphatic hydroxyl groups excluding tert-OH is 1. The Morgan fingerprint density at radius 3 is 1.88 bits per heavy atom. The molecule has 4 rings (SSSR count). The summed E-state index contributed by atoms with van der Waals surface area (Å²) in [6, 6.07) is 30.0. The van der Waals surface area contributed by atoms with Crippen LogP contribution in [0.15, 0.2) is 102 Å². The summed E-state index contributed by atoms with van der Waals surface area (Å²) in [5.41, 5.74) is 1.83. The number of rotatable bonds is 10.